The van der Waals surface area contributed by atoms with E-state index in [0.717, 1.165) is 25.9 Å². The van der Waals surface area contributed by atoms with Crippen LogP contribution in [0, 0.1) is 17.3 Å². The molecule has 3 aliphatic rings. The molecular formula is C20H22N2O. The molecule has 3 atom stereocenters. The van der Waals surface area contributed by atoms with Gasteiger partial charge < -0.3 is 10.6 Å². The second-order valence-electron chi connectivity index (χ2n) is 7.82. The Morgan fingerprint density at radius 1 is 1.17 bits per heavy atom. The van der Waals surface area contributed by atoms with E-state index in [-0.39, 0.29) is 22.8 Å². The normalized spacial score (nSPS) is 33.3. The van der Waals surface area contributed by atoms with Crippen LogP contribution in [0.25, 0.3) is 10.8 Å². The summed E-state index contributed by atoms with van der Waals surface area (Å²) in [5.41, 5.74) is 1.36. The largest absolute Gasteiger partial charge is 0.346 e. The van der Waals surface area contributed by atoms with Crippen molar-refractivity contribution in [2.75, 3.05) is 13.1 Å². The first kappa shape index (κ1) is 13.6. The lowest BCUT2D eigenvalue weighted by Gasteiger charge is -2.21. The van der Waals surface area contributed by atoms with Gasteiger partial charge >= 0.3 is 0 Å². The zero-order valence-corrected chi connectivity index (χ0v) is 13.4. The van der Waals surface area contributed by atoms with Crippen molar-refractivity contribution >= 4 is 16.7 Å². The summed E-state index contributed by atoms with van der Waals surface area (Å²) in [6.07, 6.45) is 2.11. The van der Waals surface area contributed by atoms with Crippen LogP contribution in [0.4, 0.5) is 0 Å². The lowest BCUT2D eigenvalue weighted by molar-refractivity contribution is -0.124. The molecule has 118 valence electrons. The smallest absolute Gasteiger partial charge is 0.224 e. The second-order valence-corrected chi connectivity index (χ2v) is 7.82. The standard InChI is InChI=1S/C20H22N2O/c1-19-12-21-11-16(19)17(19)18(23)22-20(9-10-20)15-8-4-6-13-5-2-3-7-14(13)15/h2-8,16-17,21H,9-12H2,1H3,(H,22,23). The van der Waals surface area contributed by atoms with Gasteiger partial charge in [-0.25, -0.2) is 0 Å². The van der Waals surface area contributed by atoms with Gasteiger partial charge in [-0.15, -0.1) is 0 Å². The number of piperidine rings is 1. The summed E-state index contributed by atoms with van der Waals surface area (Å²) in [4.78, 5) is 12.9. The Labute approximate surface area is 136 Å². The van der Waals surface area contributed by atoms with Crippen molar-refractivity contribution in [1.29, 1.82) is 0 Å². The van der Waals surface area contributed by atoms with Crippen molar-refractivity contribution in [3.63, 3.8) is 0 Å². The van der Waals surface area contributed by atoms with Crippen molar-refractivity contribution in [3.05, 3.63) is 48.0 Å². The van der Waals surface area contributed by atoms with Crippen LogP contribution in [0.5, 0.6) is 0 Å². The van der Waals surface area contributed by atoms with Gasteiger partial charge in [0, 0.05) is 12.5 Å². The van der Waals surface area contributed by atoms with Gasteiger partial charge in [-0.1, -0.05) is 49.4 Å². The minimum atomic E-state index is -0.126. The summed E-state index contributed by atoms with van der Waals surface area (Å²) in [6, 6.07) is 14.9. The molecule has 23 heavy (non-hydrogen) atoms. The lowest BCUT2D eigenvalue weighted by atomic mass is 9.96. The summed E-state index contributed by atoms with van der Waals surface area (Å²) in [7, 11) is 0. The number of carbonyl (C=O) groups excluding carboxylic acids is 1. The van der Waals surface area contributed by atoms with Gasteiger partial charge in [0.25, 0.3) is 0 Å². The van der Waals surface area contributed by atoms with Crippen LogP contribution in [0.1, 0.15) is 25.3 Å². The first-order valence-corrected chi connectivity index (χ1v) is 8.65. The van der Waals surface area contributed by atoms with E-state index >= 15 is 0 Å². The van der Waals surface area contributed by atoms with E-state index in [2.05, 4.69) is 60.0 Å². The third-order valence-corrected chi connectivity index (χ3v) is 6.42. The summed E-state index contributed by atoms with van der Waals surface area (Å²) in [5, 5.41) is 9.36. The van der Waals surface area contributed by atoms with Gasteiger partial charge in [-0.05, 0) is 47.1 Å². The van der Waals surface area contributed by atoms with E-state index < -0.39 is 0 Å². The van der Waals surface area contributed by atoms with Crippen molar-refractivity contribution < 1.29 is 4.79 Å². The minimum absolute atomic E-state index is 0.126. The fourth-order valence-corrected chi connectivity index (χ4v) is 4.78. The molecule has 3 fully saturated rings. The number of hydrogen-bond donors (Lipinski definition) is 2. The SMILES string of the molecule is CC12CNCC1C2C(=O)NC1(c2cccc3ccccc23)CC1. The molecule has 0 radical (unpaired) electrons. The molecule has 3 unspecified atom stereocenters. The Balaban J connectivity index is 1.45. The Bertz CT molecular complexity index is 805. The fourth-order valence-electron chi connectivity index (χ4n) is 4.78. The molecule has 1 saturated heterocycles. The first-order chi connectivity index (χ1) is 11.1. The molecule has 2 aliphatic carbocycles. The van der Waals surface area contributed by atoms with Crippen LogP contribution >= 0.6 is 0 Å². The van der Waals surface area contributed by atoms with Gasteiger partial charge in [0.15, 0.2) is 0 Å². The summed E-state index contributed by atoms with van der Waals surface area (Å²) < 4.78 is 0. The molecule has 0 aromatic heterocycles. The summed E-state index contributed by atoms with van der Waals surface area (Å²) in [6.45, 7) is 4.23. The summed E-state index contributed by atoms with van der Waals surface area (Å²) >= 11 is 0. The molecule has 1 heterocycles. The molecule has 0 bridgehead atoms. The van der Waals surface area contributed by atoms with E-state index in [9.17, 15) is 4.79 Å². The van der Waals surface area contributed by atoms with Gasteiger partial charge in [0.1, 0.15) is 0 Å². The Kier molecular flexibility index (Phi) is 2.57. The third-order valence-electron chi connectivity index (χ3n) is 6.42. The molecule has 3 heteroatoms. The molecule has 3 nitrogen and oxygen atoms in total. The van der Waals surface area contributed by atoms with Crippen LogP contribution in [0.15, 0.2) is 42.5 Å². The van der Waals surface area contributed by atoms with Crippen molar-refractivity contribution in [2.24, 2.45) is 17.3 Å². The van der Waals surface area contributed by atoms with Gasteiger partial charge in [-0.3, -0.25) is 4.79 Å². The van der Waals surface area contributed by atoms with Crippen LogP contribution < -0.4 is 10.6 Å². The third kappa shape index (κ3) is 1.83. The number of amides is 1. The summed E-state index contributed by atoms with van der Waals surface area (Å²) in [5.74, 6) is 1.01. The average Bonchev–Trinajstić information content (AvgIpc) is 3.42. The molecule has 2 aromatic rings. The quantitative estimate of drug-likeness (QED) is 0.915. The highest BCUT2D eigenvalue weighted by molar-refractivity contribution is 5.89. The number of rotatable bonds is 3. The molecular weight excluding hydrogens is 284 g/mol. The molecule has 1 aliphatic heterocycles. The van der Waals surface area contributed by atoms with E-state index in [0.29, 0.717) is 5.92 Å². The molecule has 2 saturated carbocycles. The number of hydrogen-bond acceptors (Lipinski definition) is 2. The molecule has 0 spiro atoms. The second kappa shape index (κ2) is 4.35. The van der Waals surface area contributed by atoms with Crippen LogP contribution in [-0.4, -0.2) is 19.0 Å². The monoisotopic (exact) mass is 306 g/mol. The maximum Gasteiger partial charge on any atom is 0.224 e. The highest BCUT2D eigenvalue weighted by Crippen LogP contribution is 2.61. The molecule has 2 N–H and O–H groups in total. The Morgan fingerprint density at radius 3 is 2.70 bits per heavy atom. The van der Waals surface area contributed by atoms with E-state index in [1.807, 2.05) is 0 Å². The zero-order valence-electron chi connectivity index (χ0n) is 13.4. The zero-order chi connectivity index (χ0) is 15.7. The first-order valence-electron chi connectivity index (χ1n) is 8.65. The number of benzene rings is 2. The van der Waals surface area contributed by atoms with Gasteiger partial charge in [0.2, 0.25) is 5.91 Å². The van der Waals surface area contributed by atoms with E-state index in [1.54, 1.807) is 0 Å². The van der Waals surface area contributed by atoms with Crippen LogP contribution in [0.3, 0.4) is 0 Å². The topological polar surface area (TPSA) is 41.1 Å². The van der Waals surface area contributed by atoms with Crippen LogP contribution in [0.2, 0.25) is 0 Å². The number of nitrogens with one attached hydrogen (secondary N) is 2. The van der Waals surface area contributed by atoms with Crippen molar-refractivity contribution in [3.8, 4) is 0 Å². The highest BCUT2D eigenvalue weighted by atomic mass is 16.2. The highest BCUT2D eigenvalue weighted by Gasteiger charge is 2.67. The van der Waals surface area contributed by atoms with E-state index in [4.69, 9.17) is 0 Å². The molecule has 2 aromatic carbocycles. The maximum atomic E-state index is 12.9. The minimum Gasteiger partial charge on any atom is -0.346 e. The van der Waals surface area contributed by atoms with Crippen molar-refractivity contribution in [2.45, 2.75) is 25.3 Å². The lowest BCUT2D eigenvalue weighted by Crippen LogP contribution is -2.38. The van der Waals surface area contributed by atoms with Crippen molar-refractivity contribution in [1.82, 2.24) is 10.6 Å². The Morgan fingerprint density at radius 2 is 1.96 bits per heavy atom. The molecule has 5 rings (SSSR count). The van der Waals surface area contributed by atoms with Gasteiger partial charge in [0.05, 0.1) is 5.54 Å². The van der Waals surface area contributed by atoms with Crippen LogP contribution in [-0.2, 0) is 10.3 Å². The predicted octanol–water partition coefficient (Wildman–Crippen LogP) is 2.80. The average molecular weight is 306 g/mol. The predicted molar refractivity (Wildman–Crippen MR) is 91.0 cm³/mol. The fraction of sp³-hybridized carbons (Fsp3) is 0.450. The number of carbonyl (C=O) groups is 1. The van der Waals surface area contributed by atoms with Gasteiger partial charge in [-0.2, -0.15) is 0 Å². The van der Waals surface area contributed by atoms with E-state index in [1.165, 1.54) is 16.3 Å². The Hall–Kier alpha value is -1.87. The molecule has 1 amide bonds. The number of fused-ring (bicyclic) bond motifs is 2. The maximum absolute atomic E-state index is 12.9.